The van der Waals surface area contributed by atoms with Gasteiger partial charge in [-0.05, 0) is 28.8 Å². The number of benzene rings is 2. The molecule has 0 unspecified atom stereocenters. The van der Waals surface area contributed by atoms with Crippen LogP contribution in [0.4, 0.5) is 0 Å². The molecule has 0 aliphatic heterocycles. The summed E-state index contributed by atoms with van der Waals surface area (Å²) in [6, 6.07) is 14.7. The third-order valence-corrected chi connectivity index (χ3v) is 2.62. The van der Waals surface area contributed by atoms with Crippen LogP contribution in [0.25, 0.3) is 10.8 Å². The van der Waals surface area contributed by atoms with E-state index in [0.717, 1.165) is 6.42 Å². The quantitative estimate of drug-likeness (QED) is 0.750. The van der Waals surface area contributed by atoms with Crippen molar-refractivity contribution in [2.24, 2.45) is 5.73 Å². The molecular formula is C14H15N. The molecule has 2 aromatic rings. The second-order valence-corrected chi connectivity index (χ2v) is 3.74. The summed E-state index contributed by atoms with van der Waals surface area (Å²) in [5, 5.41) is 2.50. The molecule has 2 N–H and O–H groups in total. The monoisotopic (exact) mass is 197 g/mol. The lowest BCUT2D eigenvalue weighted by Gasteiger charge is -2.10. The second-order valence-electron chi connectivity index (χ2n) is 3.74. The van der Waals surface area contributed by atoms with E-state index in [1.807, 2.05) is 18.2 Å². The number of fused-ring (bicyclic) bond motifs is 1. The van der Waals surface area contributed by atoms with Crippen LogP contribution in [0.15, 0.2) is 55.1 Å². The molecule has 2 rings (SSSR count). The maximum Gasteiger partial charge on any atom is 0.0329 e. The molecule has 0 saturated heterocycles. The van der Waals surface area contributed by atoms with E-state index in [1.165, 1.54) is 16.3 Å². The van der Waals surface area contributed by atoms with E-state index in [0.29, 0.717) is 0 Å². The molecule has 0 aliphatic rings. The van der Waals surface area contributed by atoms with Crippen LogP contribution in [0.2, 0.25) is 0 Å². The van der Waals surface area contributed by atoms with Gasteiger partial charge in [-0.3, -0.25) is 0 Å². The fraction of sp³-hybridized carbons (Fsp3) is 0.143. The Morgan fingerprint density at radius 1 is 1.13 bits per heavy atom. The lowest BCUT2D eigenvalue weighted by molar-refractivity contribution is 0.743. The van der Waals surface area contributed by atoms with Gasteiger partial charge in [-0.15, -0.1) is 6.58 Å². The first-order chi connectivity index (χ1) is 7.31. The van der Waals surface area contributed by atoms with Crippen molar-refractivity contribution in [3.05, 3.63) is 60.7 Å². The molecule has 1 nitrogen and oxygen atoms in total. The van der Waals surface area contributed by atoms with Crippen LogP contribution in [-0.2, 0) is 0 Å². The number of nitrogens with two attached hydrogens (primary N) is 1. The van der Waals surface area contributed by atoms with Crippen LogP contribution < -0.4 is 5.73 Å². The van der Waals surface area contributed by atoms with Crippen molar-refractivity contribution in [1.29, 1.82) is 0 Å². The summed E-state index contributed by atoms with van der Waals surface area (Å²) in [6.07, 6.45) is 2.68. The van der Waals surface area contributed by atoms with E-state index in [2.05, 4.69) is 36.9 Å². The maximum absolute atomic E-state index is 6.03. The minimum Gasteiger partial charge on any atom is -0.324 e. The lowest BCUT2D eigenvalue weighted by atomic mass is 10.0. The smallest absolute Gasteiger partial charge is 0.0329 e. The van der Waals surface area contributed by atoms with Crippen molar-refractivity contribution in [3.63, 3.8) is 0 Å². The zero-order valence-electron chi connectivity index (χ0n) is 8.69. The zero-order valence-corrected chi connectivity index (χ0v) is 8.69. The van der Waals surface area contributed by atoms with E-state index in [1.54, 1.807) is 0 Å². The minimum atomic E-state index is 0.0621. The van der Waals surface area contributed by atoms with Crippen molar-refractivity contribution in [3.8, 4) is 0 Å². The van der Waals surface area contributed by atoms with Gasteiger partial charge in [0.05, 0.1) is 0 Å². The number of rotatable bonds is 3. The molecule has 76 valence electrons. The largest absolute Gasteiger partial charge is 0.324 e. The van der Waals surface area contributed by atoms with E-state index in [9.17, 15) is 0 Å². The number of hydrogen-bond acceptors (Lipinski definition) is 1. The summed E-state index contributed by atoms with van der Waals surface area (Å²) in [6.45, 7) is 3.71. The van der Waals surface area contributed by atoms with Crippen LogP contribution >= 0.6 is 0 Å². The summed E-state index contributed by atoms with van der Waals surface area (Å²) in [5.74, 6) is 0. The topological polar surface area (TPSA) is 26.0 Å². The summed E-state index contributed by atoms with van der Waals surface area (Å²) >= 11 is 0. The first-order valence-corrected chi connectivity index (χ1v) is 5.16. The maximum atomic E-state index is 6.03. The van der Waals surface area contributed by atoms with Gasteiger partial charge in [0.2, 0.25) is 0 Å². The number of hydrogen-bond donors (Lipinski definition) is 1. The summed E-state index contributed by atoms with van der Waals surface area (Å²) in [5.41, 5.74) is 7.20. The SMILES string of the molecule is C=CC[C@H](N)c1ccc2ccccc2c1. The van der Waals surface area contributed by atoms with Gasteiger partial charge in [0.15, 0.2) is 0 Å². The molecule has 0 amide bonds. The minimum absolute atomic E-state index is 0.0621. The molecule has 0 radical (unpaired) electrons. The molecule has 0 saturated carbocycles. The van der Waals surface area contributed by atoms with Crippen LogP contribution in [0.5, 0.6) is 0 Å². The van der Waals surface area contributed by atoms with Crippen molar-refractivity contribution in [2.75, 3.05) is 0 Å². The fourth-order valence-electron chi connectivity index (χ4n) is 1.75. The van der Waals surface area contributed by atoms with Gasteiger partial charge in [0, 0.05) is 6.04 Å². The molecule has 0 fully saturated rings. The van der Waals surface area contributed by atoms with Crippen molar-refractivity contribution in [2.45, 2.75) is 12.5 Å². The van der Waals surface area contributed by atoms with Gasteiger partial charge < -0.3 is 5.73 Å². The first kappa shape index (κ1) is 9.94. The highest BCUT2D eigenvalue weighted by molar-refractivity contribution is 5.83. The zero-order chi connectivity index (χ0) is 10.7. The van der Waals surface area contributed by atoms with E-state index < -0.39 is 0 Å². The summed E-state index contributed by atoms with van der Waals surface area (Å²) in [4.78, 5) is 0. The van der Waals surface area contributed by atoms with E-state index >= 15 is 0 Å². The highest BCUT2D eigenvalue weighted by atomic mass is 14.6. The molecule has 1 heteroatoms. The Hall–Kier alpha value is -1.60. The van der Waals surface area contributed by atoms with Gasteiger partial charge in [0.1, 0.15) is 0 Å². The molecule has 0 aromatic heterocycles. The molecule has 2 aromatic carbocycles. The Bertz CT molecular complexity index is 473. The Labute approximate surface area is 90.2 Å². The molecule has 0 aliphatic carbocycles. The van der Waals surface area contributed by atoms with Crippen molar-refractivity contribution in [1.82, 2.24) is 0 Å². The van der Waals surface area contributed by atoms with Crippen LogP contribution in [0, 0.1) is 0 Å². The Kier molecular flexibility index (Phi) is 2.84. The van der Waals surface area contributed by atoms with Gasteiger partial charge in [-0.1, -0.05) is 42.5 Å². The van der Waals surface area contributed by atoms with Crippen LogP contribution in [-0.4, -0.2) is 0 Å². The summed E-state index contributed by atoms with van der Waals surface area (Å²) < 4.78 is 0. The predicted molar refractivity (Wildman–Crippen MR) is 65.7 cm³/mol. The van der Waals surface area contributed by atoms with Gasteiger partial charge >= 0.3 is 0 Å². The van der Waals surface area contributed by atoms with E-state index in [-0.39, 0.29) is 6.04 Å². The third kappa shape index (κ3) is 2.08. The Morgan fingerprint density at radius 2 is 1.87 bits per heavy atom. The Balaban J connectivity index is 2.42. The van der Waals surface area contributed by atoms with E-state index in [4.69, 9.17) is 5.73 Å². The van der Waals surface area contributed by atoms with Gasteiger partial charge in [0.25, 0.3) is 0 Å². The molecular weight excluding hydrogens is 182 g/mol. The molecule has 0 bridgehead atoms. The molecule has 0 heterocycles. The van der Waals surface area contributed by atoms with Crippen LogP contribution in [0.3, 0.4) is 0 Å². The van der Waals surface area contributed by atoms with Crippen LogP contribution in [0.1, 0.15) is 18.0 Å². The lowest BCUT2D eigenvalue weighted by Crippen LogP contribution is -2.08. The third-order valence-electron chi connectivity index (χ3n) is 2.62. The normalized spacial score (nSPS) is 12.6. The highest BCUT2D eigenvalue weighted by Crippen LogP contribution is 2.20. The first-order valence-electron chi connectivity index (χ1n) is 5.16. The molecule has 1 atom stereocenters. The fourth-order valence-corrected chi connectivity index (χ4v) is 1.75. The van der Waals surface area contributed by atoms with Gasteiger partial charge in [-0.25, -0.2) is 0 Å². The molecule has 15 heavy (non-hydrogen) atoms. The summed E-state index contributed by atoms with van der Waals surface area (Å²) in [7, 11) is 0. The van der Waals surface area contributed by atoms with Crippen molar-refractivity contribution < 1.29 is 0 Å². The molecule has 0 spiro atoms. The average molecular weight is 197 g/mol. The van der Waals surface area contributed by atoms with Gasteiger partial charge in [-0.2, -0.15) is 0 Å². The Morgan fingerprint density at radius 3 is 2.60 bits per heavy atom. The van der Waals surface area contributed by atoms with Crippen molar-refractivity contribution >= 4 is 10.8 Å². The standard InChI is InChI=1S/C14H15N/c1-2-5-14(15)13-9-8-11-6-3-4-7-12(11)10-13/h2-4,6-10,14H,1,5,15H2/t14-/m0/s1. The average Bonchev–Trinajstić information content (AvgIpc) is 2.29. The second kappa shape index (κ2) is 4.28. The highest BCUT2D eigenvalue weighted by Gasteiger charge is 2.03. The predicted octanol–water partition coefficient (Wildman–Crippen LogP) is 3.42.